The molecule has 1 N–H and O–H groups in total. The van der Waals surface area contributed by atoms with E-state index in [1.54, 1.807) is 12.1 Å². The van der Waals surface area contributed by atoms with Gasteiger partial charge in [0.15, 0.2) is 0 Å². The zero-order chi connectivity index (χ0) is 24.6. The van der Waals surface area contributed by atoms with E-state index in [0.29, 0.717) is 30.6 Å². The third-order valence-corrected chi connectivity index (χ3v) is 10.0. The fourth-order valence-electron chi connectivity index (χ4n) is 6.02. The zero-order valence-corrected chi connectivity index (χ0v) is 21.2. The van der Waals surface area contributed by atoms with Crippen molar-refractivity contribution in [2.24, 2.45) is 17.3 Å². The molecule has 1 heterocycles. The second-order valence-electron chi connectivity index (χ2n) is 10.5. The molecule has 2 bridgehead atoms. The highest BCUT2D eigenvalue weighted by atomic mass is 32.2. The SMILES string of the molecule is CC1(C)C(NC(=O)c2ccc(OCc3ccccc3)c(S(=O)(=O)N3CCOCC3)c2)[C@H]2CC[C@@H]1C2. The molecule has 0 spiro atoms. The fraction of sp³-hybridized carbons (Fsp3) is 0.519. The second-order valence-corrected chi connectivity index (χ2v) is 12.4. The van der Waals surface area contributed by atoms with Crippen LogP contribution in [-0.4, -0.2) is 51.0 Å². The number of hydrogen-bond acceptors (Lipinski definition) is 5. The van der Waals surface area contributed by atoms with Gasteiger partial charge in [-0.2, -0.15) is 4.31 Å². The summed E-state index contributed by atoms with van der Waals surface area (Å²) in [6.07, 6.45) is 3.52. The molecule has 2 aromatic carbocycles. The van der Waals surface area contributed by atoms with Crippen LogP contribution in [0.4, 0.5) is 0 Å². The van der Waals surface area contributed by atoms with Gasteiger partial charge in [0.2, 0.25) is 10.0 Å². The molecule has 2 aliphatic carbocycles. The van der Waals surface area contributed by atoms with Gasteiger partial charge in [0.05, 0.1) is 13.2 Å². The number of carbonyl (C=O) groups is 1. The number of sulfonamides is 1. The van der Waals surface area contributed by atoms with Crippen LogP contribution in [0.2, 0.25) is 0 Å². The molecule has 2 aromatic rings. The van der Waals surface area contributed by atoms with Gasteiger partial charge in [-0.25, -0.2) is 8.42 Å². The number of benzene rings is 2. The summed E-state index contributed by atoms with van der Waals surface area (Å²) < 4.78 is 39.9. The summed E-state index contributed by atoms with van der Waals surface area (Å²) in [5.74, 6) is 1.13. The van der Waals surface area contributed by atoms with Crippen molar-refractivity contribution in [2.45, 2.75) is 50.7 Å². The largest absolute Gasteiger partial charge is 0.487 e. The standard InChI is InChI=1S/C27H34N2O5S/c1-27(2)22-10-8-20(16-22)25(27)28-26(30)21-9-11-23(34-18-19-6-4-3-5-7-19)24(17-21)35(31,32)29-12-14-33-15-13-29/h3-7,9,11,17,20,22,25H,8,10,12-16,18H2,1-2H3,(H,28,30)/t20-,22+,25?/m0/s1. The molecule has 1 amide bonds. The number of carbonyl (C=O) groups excluding carboxylic acids is 1. The molecule has 3 aliphatic rings. The van der Waals surface area contributed by atoms with Crippen LogP contribution in [-0.2, 0) is 21.4 Å². The molecule has 35 heavy (non-hydrogen) atoms. The molecule has 3 fully saturated rings. The molecule has 2 saturated carbocycles. The molecule has 188 valence electrons. The predicted molar refractivity (Wildman–Crippen MR) is 133 cm³/mol. The van der Waals surface area contributed by atoms with Crippen molar-refractivity contribution in [3.05, 3.63) is 59.7 Å². The first kappa shape index (κ1) is 24.3. The lowest BCUT2D eigenvalue weighted by Crippen LogP contribution is -2.48. The smallest absolute Gasteiger partial charge is 0.251 e. The van der Waals surface area contributed by atoms with E-state index in [1.807, 2.05) is 30.3 Å². The molecule has 0 radical (unpaired) electrons. The van der Waals surface area contributed by atoms with Gasteiger partial charge in [-0.05, 0) is 60.3 Å². The Balaban J connectivity index is 1.43. The number of ether oxygens (including phenoxy) is 2. The number of morpholine rings is 1. The van der Waals surface area contributed by atoms with Gasteiger partial charge in [0.25, 0.3) is 5.91 Å². The molecule has 0 aromatic heterocycles. The zero-order valence-electron chi connectivity index (χ0n) is 20.4. The van der Waals surface area contributed by atoms with Gasteiger partial charge in [-0.15, -0.1) is 0 Å². The number of nitrogens with zero attached hydrogens (tertiary/aromatic N) is 1. The number of fused-ring (bicyclic) bond motifs is 2. The summed E-state index contributed by atoms with van der Waals surface area (Å²) in [5, 5.41) is 3.24. The molecule has 5 rings (SSSR count). The van der Waals surface area contributed by atoms with E-state index >= 15 is 0 Å². The van der Waals surface area contributed by atoms with Gasteiger partial charge in [0, 0.05) is 24.7 Å². The lowest BCUT2D eigenvalue weighted by atomic mass is 9.73. The Morgan fingerprint density at radius 3 is 2.54 bits per heavy atom. The topological polar surface area (TPSA) is 84.9 Å². The van der Waals surface area contributed by atoms with Crippen molar-refractivity contribution in [1.29, 1.82) is 0 Å². The maximum absolute atomic E-state index is 13.6. The monoisotopic (exact) mass is 498 g/mol. The minimum atomic E-state index is -3.86. The number of nitrogens with one attached hydrogen (secondary N) is 1. The Labute approximate surface area is 207 Å². The van der Waals surface area contributed by atoms with Gasteiger partial charge in [0.1, 0.15) is 17.3 Å². The van der Waals surface area contributed by atoms with Crippen molar-refractivity contribution in [3.63, 3.8) is 0 Å². The Morgan fingerprint density at radius 2 is 1.86 bits per heavy atom. The Bertz CT molecular complexity index is 1180. The number of amides is 1. The Hall–Kier alpha value is -2.42. The van der Waals surface area contributed by atoms with Crippen LogP contribution >= 0.6 is 0 Å². The van der Waals surface area contributed by atoms with E-state index in [1.165, 1.54) is 16.8 Å². The van der Waals surface area contributed by atoms with E-state index in [2.05, 4.69) is 19.2 Å². The predicted octanol–water partition coefficient (Wildman–Crippen LogP) is 3.84. The van der Waals surface area contributed by atoms with Crippen molar-refractivity contribution < 1.29 is 22.7 Å². The van der Waals surface area contributed by atoms with Crippen molar-refractivity contribution in [1.82, 2.24) is 9.62 Å². The van der Waals surface area contributed by atoms with Crippen molar-refractivity contribution >= 4 is 15.9 Å². The first-order valence-electron chi connectivity index (χ1n) is 12.5. The fourth-order valence-corrected chi connectivity index (χ4v) is 7.58. The van der Waals surface area contributed by atoms with Crippen LogP contribution < -0.4 is 10.1 Å². The van der Waals surface area contributed by atoms with Crippen LogP contribution in [0.3, 0.4) is 0 Å². The summed E-state index contributed by atoms with van der Waals surface area (Å²) in [4.78, 5) is 13.4. The molecule has 1 aliphatic heterocycles. The Kier molecular flexibility index (Phi) is 6.63. The summed E-state index contributed by atoms with van der Waals surface area (Å²) in [5.41, 5.74) is 1.31. The van der Waals surface area contributed by atoms with Crippen LogP contribution in [0.25, 0.3) is 0 Å². The van der Waals surface area contributed by atoms with E-state index in [-0.39, 0.29) is 47.7 Å². The lowest BCUT2D eigenvalue weighted by molar-refractivity contribution is 0.0729. The average molecular weight is 499 g/mol. The van der Waals surface area contributed by atoms with Gasteiger partial charge >= 0.3 is 0 Å². The summed E-state index contributed by atoms with van der Waals surface area (Å²) in [6.45, 7) is 5.94. The molecule has 8 heteroatoms. The summed E-state index contributed by atoms with van der Waals surface area (Å²) >= 11 is 0. The van der Waals surface area contributed by atoms with Crippen LogP contribution in [0.1, 0.15) is 49.0 Å². The number of rotatable bonds is 7. The van der Waals surface area contributed by atoms with Gasteiger partial charge in [-0.3, -0.25) is 4.79 Å². The van der Waals surface area contributed by atoms with Crippen molar-refractivity contribution in [3.8, 4) is 5.75 Å². The maximum Gasteiger partial charge on any atom is 0.251 e. The lowest BCUT2D eigenvalue weighted by Gasteiger charge is -2.38. The first-order valence-corrected chi connectivity index (χ1v) is 13.9. The van der Waals surface area contributed by atoms with E-state index in [0.717, 1.165) is 18.4 Å². The number of hydrogen-bond donors (Lipinski definition) is 1. The maximum atomic E-state index is 13.6. The third-order valence-electron chi connectivity index (χ3n) is 8.12. The highest BCUT2D eigenvalue weighted by Crippen LogP contribution is 2.55. The van der Waals surface area contributed by atoms with Crippen LogP contribution in [0.5, 0.6) is 5.75 Å². The van der Waals surface area contributed by atoms with Gasteiger partial charge < -0.3 is 14.8 Å². The van der Waals surface area contributed by atoms with Gasteiger partial charge in [-0.1, -0.05) is 44.2 Å². The van der Waals surface area contributed by atoms with Crippen molar-refractivity contribution in [2.75, 3.05) is 26.3 Å². The minimum absolute atomic E-state index is 0.0233. The first-order chi connectivity index (χ1) is 16.8. The molecule has 1 saturated heterocycles. The molecule has 3 atom stereocenters. The quantitative estimate of drug-likeness (QED) is 0.627. The average Bonchev–Trinajstić information content (AvgIpc) is 3.45. The van der Waals surface area contributed by atoms with Crippen LogP contribution in [0.15, 0.2) is 53.4 Å². The minimum Gasteiger partial charge on any atom is -0.487 e. The Morgan fingerprint density at radius 1 is 1.11 bits per heavy atom. The summed E-state index contributed by atoms with van der Waals surface area (Å²) in [6, 6.07) is 14.4. The highest BCUT2D eigenvalue weighted by Gasteiger charge is 2.53. The van der Waals surface area contributed by atoms with E-state index in [4.69, 9.17) is 9.47 Å². The molecular formula is C27H34N2O5S. The molecule has 1 unspecified atom stereocenters. The van der Waals surface area contributed by atoms with E-state index in [9.17, 15) is 13.2 Å². The third kappa shape index (κ3) is 4.71. The van der Waals surface area contributed by atoms with E-state index < -0.39 is 10.0 Å². The highest BCUT2D eigenvalue weighted by molar-refractivity contribution is 7.89. The second kappa shape index (κ2) is 9.56. The van der Waals surface area contributed by atoms with Crippen LogP contribution in [0, 0.1) is 17.3 Å². The normalized spacial score (nSPS) is 25.9. The molecule has 7 nitrogen and oxygen atoms in total. The summed E-state index contributed by atoms with van der Waals surface area (Å²) in [7, 11) is -3.86. The molecular weight excluding hydrogens is 464 g/mol.